The molecule has 0 saturated carbocycles. The first-order chi connectivity index (χ1) is 12.5. The molecule has 4 heteroatoms. The highest BCUT2D eigenvalue weighted by molar-refractivity contribution is 5.97. The molecule has 1 N–H and O–H groups in total. The summed E-state index contributed by atoms with van der Waals surface area (Å²) >= 11 is 0. The van der Waals surface area contributed by atoms with Crippen LogP contribution in [0.1, 0.15) is 49.0 Å². The first-order valence-electron chi connectivity index (χ1n) is 9.30. The molecule has 1 aliphatic rings. The van der Waals surface area contributed by atoms with Crippen LogP contribution < -0.4 is 4.74 Å². The van der Waals surface area contributed by atoms with Crippen LogP contribution in [0.25, 0.3) is 0 Å². The van der Waals surface area contributed by atoms with Gasteiger partial charge < -0.3 is 14.7 Å². The van der Waals surface area contributed by atoms with E-state index in [9.17, 15) is 9.90 Å². The van der Waals surface area contributed by atoms with E-state index in [1.54, 1.807) is 6.92 Å². The molecule has 2 atom stereocenters. The minimum atomic E-state index is -0.391. The van der Waals surface area contributed by atoms with E-state index in [0.29, 0.717) is 30.3 Å². The lowest BCUT2D eigenvalue weighted by atomic mass is 10.0. The summed E-state index contributed by atoms with van der Waals surface area (Å²) in [7, 11) is 0. The van der Waals surface area contributed by atoms with Gasteiger partial charge in [0.2, 0.25) is 0 Å². The maximum atomic E-state index is 13.0. The molecule has 0 radical (unpaired) electrons. The number of hydrogen-bond donors (Lipinski definition) is 1. The van der Waals surface area contributed by atoms with Crippen molar-refractivity contribution in [1.82, 2.24) is 4.90 Å². The van der Waals surface area contributed by atoms with Gasteiger partial charge in [-0.05, 0) is 43.0 Å². The summed E-state index contributed by atoms with van der Waals surface area (Å²) in [5, 5.41) is 9.79. The van der Waals surface area contributed by atoms with Crippen LogP contribution in [0, 0.1) is 5.92 Å². The first kappa shape index (κ1) is 18.5. The number of aliphatic hydroxyl groups is 1. The van der Waals surface area contributed by atoms with E-state index >= 15 is 0 Å². The van der Waals surface area contributed by atoms with E-state index in [4.69, 9.17) is 4.74 Å². The Morgan fingerprint density at radius 2 is 1.73 bits per heavy atom. The second-order valence-electron chi connectivity index (χ2n) is 7.33. The van der Waals surface area contributed by atoms with Crippen molar-refractivity contribution in [1.29, 1.82) is 0 Å². The molecule has 1 heterocycles. The van der Waals surface area contributed by atoms with Gasteiger partial charge in [-0.1, -0.05) is 44.2 Å². The maximum absolute atomic E-state index is 13.0. The highest BCUT2D eigenvalue weighted by Gasteiger charge is 2.30. The van der Waals surface area contributed by atoms with Crippen LogP contribution in [0.5, 0.6) is 11.5 Å². The Hall–Kier alpha value is -2.33. The Labute approximate surface area is 155 Å². The van der Waals surface area contributed by atoms with Crippen molar-refractivity contribution in [2.24, 2.45) is 5.92 Å². The third-order valence-corrected chi connectivity index (χ3v) is 5.07. The molecule has 1 saturated heterocycles. The number of nitrogens with zero attached hydrogens (tertiary/aromatic N) is 1. The van der Waals surface area contributed by atoms with Crippen molar-refractivity contribution < 1.29 is 14.6 Å². The summed E-state index contributed by atoms with van der Waals surface area (Å²) in [5.74, 6) is 1.80. The number of rotatable bonds is 5. The van der Waals surface area contributed by atoms with E-state index < -0.39 is 6.10 Å². The second kappa shape index (κ2) is 7.92. The Morgan fingerprint density at radius 1 is 1.08 bits per heavy atom. The minimum Gasteiger partial charge on any atom is -0.456 e. The van der Waals surface area contributed by atoms with Crippen molar-refractivity contribution in [2.75, 3.05) is 13.1 Å². The van der Waals surface area contributed by atoms with E-state index in [-0.39, 0.29) is 11.8 Å². The number of aliphatic hydroxyl groups excluding tert-OH is 1. The maximum Gasteiger partial charge on any atom is 0.257 e. The Morgan fingerprint density at radius 3 is 2.38 bits per heavy atom. The van der Waals surface area contributed by atoms with Gasteiger partial charge in [0.15, 0.2) is 0 Å². The van der Waals surface area contributed by atoms with E-state index in [1.165, 1.54) is 0 Å². The van der Waals surface area contributed by atoms with E-state index in [2.05, 4.69) is 19.9 Å². The van der Waals surface area contributed by atoms with Crippen LogP contribution in [0.4, 0.5) is 0 Å². The van der Waals surface area contributed by atoms with Gasteiger partial charge in [-0.15, -0.1) is 0 Å². The summed E-state index contributed by atoms with van der Waals surface area (Å²) in [6.45, 7) is 7.30. The van der Waals surface area contributed by atoms with Crippen LogP contribution in [-0.4, -0.2) is 35.1 Å². The van der Waals surface area contributed by atoms with Crippen LogP contribution in [0.3, 0.4) is 0 Å². The van der Waals surface area contributed by atoms with Crippen LogP contribution in [0.2, 0.25) is 0 Å². The zero-order valence-electron chi connectivity index (χ0n) is 15.7. The normalized spacial score (nSPS) is 18.2. The molecule has 0 bridgehead atoms. The number of carbonyl (C=O) groups is 1. The van der Waals surface area contributed by atoms with Crippen LogP contribution in [0.15, 0.2) is 48.5 Å². The van der Waals surface area contributed by atoms with Gasteiger partial charge in [-0.3, -0.25) is 4.79 Å². The summed E-state index contributed by atoms with van der Waals surface area (Å²) in [4.78, 5) is 14.8. The average molecular weight is 353 g/mol. The molecule has 0 aliphatic carbocycles. The van der Waals surface area contributed by atoms with Crippen molar-refractivity contribution in [3.8, 4) is 11.5 Å². The van der Waals surface area contributed by atoms with Crippen LogP contribution >= 0.6 is 0 Å². The molecule has 1 fully saturated rings. The zero-order chi connectivity index (χ0) is 18.7. The third-order valence-electron chi connectivity index (χ3n) is 5.07. The molecule has 0 aromatic heterocycles. The number of para-hydroxylation sites is 2. The highest BCUT2D eigenvalue weighted by Crippen LogP contribution is 2.33. The fourth-order valence-corrected chi connectivity index (χ4v) is 3.44. The topological polar surface area (TPSA) is 49.8 Å². The second-order valence-corrected chi connectivity index (χ2v) is 7.33. The Kier molecular flexibility index (Phi) is 5.62. The van der Waals surface area contributed by atoms with Gasteiger partial charge in [-0.2, -0.15) is 0 Å². The largest absolute Gasteiger partial charge is 0.456 e. The molecule has 1 amide bonds. The molecule has 2 unspecified atom stereocenters. The molecular formula is C22H27NO3. The quantitative estimate of drug-likeness (QED) is 0.864. The van der Waals surface area contributed by atoms with Gasteiger partial charge in [0.25, 0.3) is 5.91 Å². The average Bonchev–Trinajstić information content (AvgIpc) is 3.12. The van der Waals surface area contributed by atoms with Gasteiger partial charge >= 0.3 is 0 Å². The van der Waals surface area contributed by atoms with Crippen molar-refractivity contribution in [3.63, 3.8) is 0 Å². The lowest BCUT2D eigenvalue weighted by Gasteiger charge is -2.20. The van der Waals surface area contributed by atoms with Crippen molar-refractivity contribution >= 4 is 5.91 Å². The minimum absolute atomic E-state index is 0.0363. The SMILES string of the molecule is CC(C)c1ccccc1Oc1ccccc1C(=O)N1CCC(C(C)O)C1. The molecule has 1 aliphatic heterocycles. The standard InChI is InChI=1S/C22H27NO3/c1-15(2)18-8-4-6-10-20(18)26-21-11-7-5-9-19(21)22(25)23-13-12-17(14-23)16(3)24/h4-11,15-17,24H,12-14H2,1-3H3. The summed E-state index contributed by atoms with van der Waals surface area (Å²) in [6, 6.07) is 15.3. The summed E-state index contributed by atoms with van der Waals surface area (Å²) in [5.41, 5.74) is 1.68. The van der Waals surface area contributed by atoms with Gasteiger partial charge in [0.05, 0.1) is 11.7 Å². The molecule has 0 spiro atoms. The molecule has 2 aromatic carbocycles. The molecule has 2 aromatic rings. The Bertz CT molecular complexity index is 769. The van der Waals surface area contributed by atoms with E-state index in [1.807, 2.05) is 47.4 Å². The number of benzene rings is 2. The molecule has 26 heavy (non-hydrogen) atoms. The monoisotopic (exact) mass is 353 g/mol. The number of ether oxygens (including phenoxy) is 1. The number of amides is 1. The number of hydrogen-bond acceptors (Lipinski definition) is 3. The molecule has 3 rings (SSSR count). The molecule has 4 nitrogen and oxygen atoms in total. The van der Waals surface area contributed by atoms with Crippen molar-refractivity contribution in [2.45, 2.75) is 39.2 Å². The molecule has 138 valence electrons. The fourth-order valence-electron chi connectivity index (χ4n) is 3.44. The van der Waals surface area contributed by atoms with Gasteiger partial charge in [0.1, 0.15) is 11.5 Å². The number of likely N-dealkylation sites (tertiary alicyclic amines) is 1. The Balaban J connectivity index is 1.84. The van der Waals surface area contributed by atoms with E-state index in [0.717, 1.165) is 17.7 Å². The first-order valence-corrected chi connectivity index (χ1v) is 9.30. The zero-order valence-corrected chi connectivity index (χ0v) is 15.7. The van der Waals surface area contributed by atoms with Crippen molar-refractivity contribution in [3.05, 3.63) is 59.7 Å². The third kappa shape index (κ3) is 3.91. The summed E-state index contributed by atoms with van der Waals surface area (Å²) < 4.78 is 6.16. The lowest BCUT2D eigenvalue weighted by Crippen LogP contribution is -2.30. The van der Waals surface area contributed by atoms with Crippen LogP contribution in [-0.2, 0) is 0 Å². The highest BCUT2D eigenvalue weighted by atomic mass is 16.5. The predicted octanol–water partition coefficient (Wildman–Crippen LogP) is 4.45. The van der Waals surface area contributed by atoms with Gasteiger partial charge in [-0.25, -0.2) is 0 Å². The smallest absolute Gasteiger partial charge is 0.257 e. The number of carbonyl (C=O) groups excluding carboxylic acids is 1. The fraction of sp³-hybridized carbons (Fsp3) is 0.409. The lowest BCUT2D eigenvalue weighted by molar-refractivity contribution is 0.0760. The molecular weight excluding hydrogens is 326 g/mol. The predicted molar refractivity (Wildman–Crippen MR) is 103 cm³/mol. The van der Waals surface area contributed by atoms with Gasteiger partial charge in [0, 0.05) is 19.0 Å². The summed E-state index contributed by atoms with van der Waals surface area (Å²) in [6.07, 6.45) is 0.444.